The summed E-state index contributed by atoms with van der Waals surface area (Å²) < 4.78 is 0. The Morgan fingerprint density at radius 1 is 1.33 bits per heavy atom. The molecule has 0 saturated heterocycles. The fourth-order valence-electron chi connectivity index (χ4n) is 1.50. The van der Waals surface area contributed by atoms with Crippen LogP contribution in [0.4, 0.5) is 5.95 Å². The molecule has 0 radical (unpaired) electrons. The van der Waals surface area contributed by atoms with Crippen molar-refractivity contribution in [1.29, 1.82) is 0 Å². The van der Waals surface area contributed by atoms with Crippen LogP contribution >= 0.6 is 11.6 Å². The minimum atomic E-state index is 0.613. The van der Waals surface area contributed by atoms with Crippen molar-refractivity contribution in [3.05, 3.63) is 16.4 Å². The highest BCUT2D eigenvalue weighted by atomic mass is 35.5. The van der Waals surface area contributed by atoms with Gasteiger partial charge in [0.25, 0.3) is 0 Å². The van der Waals surface area contributed by atoms with E-state index in [4.69, 9.17) is 11.6 Å². The van der Waals surface area contributed by atoms with Crippen LogP contribution in [0.15, 0.2) is 0 Å². The summed E-state index contributed by atoms with van der Waals surface area (Å²) in [5.41, 5.74) is 2.25. The van der Waals surface area contributed by atoms with Gasteiger partial charge in [-0.2, -0.15) is 0 Å². The number of aromatic nitrogens is 2. The molecule has 0 bridgehead atoms. The molecule has 0 spiro atoms. The molecule has 2 rings (SSSR count). The minimum Gasteiger partial charge on any atom is -0.357 e. The van der Waals surface area contributed by atoms with E-state index >= 15 is 0 Å². The molecule has 1 N–H and O–H groups in total. The first-order valence-corrected chi connectivity index (χ1v) is 4.42. The Balaban J connectivity index is 2.51. The number of rotatable bonds is 1. The van der Waals surface area contributed by atoms with E-state index in [0.29, 0.717) is 11.1 Å². The lowest BCUT2D eigenvalue weighted by molar-refractivity contribution is 0.899. The predicted octanol–water partition coefficient (Wildman–Crippen LogP) is 1.66. The summed E-state index contributed by atoms with van der Waals surface area (Å²) in [6.45, 7) is 0. The molecule has 1 heterocycles. The lowest BCUT2D eigenvalue weighted by Crippen LogP contribution is -2.00. The normalized spacial score (nSPS) is 14.5. The lowest BCUT2D eigenvalue weighted by atomic mass is 10.3. The second-order valence-electron chi connectivity index (χ2n) is 2.87. The van der Waals surface area contributed by atoms with Crippen molar-refractivity contribution in [2.75, 3.05) is 12.4 Å². The van der Waals surface area contributed by atoms with Gasteiger partial charge in [-0.1, -0.05) is 11.6 Å². The van der Waals surface area contributed by atoms with E-state index in [1.807, 2.05) is 0 Å². The van der Waals surface area contributed by atoms with E-state index in [9.17, 15) is 0 Å². The Morgan fingerprint density at radius 2 is 2.17 bits per heavy atom. The molecule has 3 nitrogen and oxygen atoms in total. The first kappa shape index (κ1) is 7.80. The van der Waals surface area contributed by atoms with Crippen LogP contribution in [0.25, 0.3) is 0 Å². The van der Waals surface area contributed by atoms with Crippen LogP contribution in [0, 0.1) is 0 Å². The molecule has 64 valence electrons. The maximum atomic E-state index is 5.96. The average molecular weight is 184 g/mol. The molecule has 0 amide bonds. The van der Waals surface area contributed by atoms with Gasteiger partial charge in [0, 0.05) is 12.6 Å². The SMILES string of the molecule is CNc1nc(Cl)c2c(n1)CCC2. The third kappa shape index (κ3) is 1.14. The molecule has 4 heteroatoms. The fraction of sp³-hybridized carbons (Fsp3) is 0.500. The van der Waals surface area contributed by atoms with Gasteiger partial charge in [-0.05, 0) is 19.3 Å². The van der Waals surface area contributed by atoms with E-state index in [-0.39, 0.29) is 0 Å². The number of anilines is 1. The molecule has 0 saturated carbocycles. The number of halogens is 1. The van der Waals surface area contributed by atoms with E-state index in [1.165, 1.54) is 0 Å². The zero-order chi connectivity index (χ0) is 8.55. The van der Waals surface area contributed by atoms with Crippen molar-refractivity contribution in [1.82, 2.24) is 9.97 Å². The minimum absolute atomic E-state index is 0.613. The van der Waals surface area contributed by atoms with Gasteiger partial charge in [0.05, 0.1) is 5.69 Å². The monoisotopic (exact) mass is 183 g/mol. The Hall–Kier alpha value is -0.830. The van der Waals surface area contributed by atoms with Gasteiger partial charge in [-0.15, -0.1) is 0 Å². The highest BCUT2D eigenvalue weighted by molar-refractivity contribution is 6.30. The van der Waals surface area contributed by atoms with Gasteiger partial charge in [0.15, 0.2) is 0 Å². The average Bonchev–Trinajstić information content (AvgIpc) is 2.52. The van der Waals surface area contributed by atoms with E-state index in [2.05, 4.69) is 15.3 Å². The molecule has 0 unspecified atom stereocenters. The van der Waals surface area contributed by atoms with Gasteiger partial charge in [-0.3, -0.25) is 0 Å². The molecule has 1 aromatic heterocycles. The van der Waals surface area contributed by atoms with E-state index in [1.54, 1.807) is 7.05 Å². The third-order valence-corrected chi connectivity index (χ3v) is 2.42. The van der Waals surface area contributed by atoms with Crippen molar-refractivity contribution >= 4 is 17.5 Å². The summed E-state index contributed by atoms with van der Waals surface area (Å²) in [6, 6.07) is 0. The third-order valence-electron chi connectivity index (χ3n) is 2.11. The number of nitrogens with zero attached hydrogens (tertiary/aromatic N) is 2. The van der Waals surface area contributed by atoms with Crippen LogP contribution in [0.2, 0.25) is 5.15 Å². The molecule has 12 heavy (non-hydrogen) atoms. The Morgan fingerprint density at radius 3 is 2.92 bits per heavy atom. The van der Waals surface area contributed by atoms with Crippen LogP contribution in [-0.4, -0.2) is 17.0 Å². The number of fused-ring (bicyclic) bond motifs is 1. The number of hydrogen-bond acceptors (Lipinski definition) is 3. The van der Waals surface area contributed by atoms with Crippen molar-refractivity contribution in [3.63, 3.8) is 0 Å². The molecule has 0 atom stereocenters. The summed E-state index contributed by atoms with van der Waals surface area (Å²) in [6.07, 6.45) is 3.21. The van der Waals surface area contributed by atoms with Crippen molar-refractivity contribution in [2.24, 2.45) is 0 Å². The summed E-state index contributed by atoms with van der Waals surface area (Å²) >= 11 is 5.96. The molecule has 1 aromatic rings. The number of hydrogen-bond donors (Lipinski definition) is 1. The van der Waals surface area contributed by atoms with E-state index in [0.717, 1.165) is 30.5 Å². The Bertz CT molecular complexity index is 311. The molecule has 1 aliphatic carbocycles. The standard InChI is InChI=1S/C8H10ClN3/c1-10-8-11-6-4-2-3-5(6)7(9)12-8/h2-4H2,1H3,(H,10,11,12). The summed E-state index contributed by atoms with van der Waals surface area (Å²) in [5, 5.41) is 3.50. The topological polar surface area (TPSA) is 37.8 Å². The molecular weight excluding hydrogens is 174 g/mol. The summed E-state index contributed by atoms with van der Waals surface area (Å²) in [4.78, 5) is 8.43. The maximum Gasteiger partial charge on any atom is 0.224 e. The van der Waals surface area contributed by atoms with Crippen molar-refractivity contribution in [3.8, 4) is 0 Å². The van der Waals surface area contributed by atoms with Gasteiger partial charge < -0.3 is 5.32 Å². The zero-order valence-corrected chi connectivity index (χ0v) is 7.65. The van der Waals surface area contributed by atoms with Crippen LogP contribution in [-0.2, 0) is 12.8 Å². The first-order valence-electron chi connectivity index (χ1n) is 4.04. The molecular formula is C8H10ClN3. The second-order valence-corrected chi connectivity index (χ2v) is 3.22. The quantitative estimate of drug-likeness (QED) is 0.673. The van der Waals surface area contributed by atoms with Crippen molar-refractivity contribution < 1.29 is 0 Å². The molecule has 0 aliphatic heterocycles. The first-order chi connectivity index (χ1) is 5.81. The van der Waals surface area contributed by atoms with Gasteiger partial charge >= 0.3 is 0 Å². The van der Waals surface area contributed by atoms with Gasteiger partial charge in [0.1, 0.15) is 5.15 Å². The predicted molar refractivity (Wildman–Crippen MR) is 48.6 cm³/mol. The van der Waals surface area contributed by atoms with Crippen LogP contribution in [0.5, 0.6) is 0 Å². The molecule has 1 aliphatic rings. The van der Waals surface area contributed by atoms with Gasteiger partial charge in [-0.25, -0.2) is 9.97 Å². The van der Waals surface area contributed by atoms with Crippen LogP contribution in [0.3, 0.4) is 0 Å². The highest BCUT2D eigenvalue weighted by Crippen LogP contribution is 2.26. The largest absolute Gasteiger partial charge is 0.357 e. The van der Waals surface area contributed by atoms with Crippen LogP contribution in [0.1, 0.15) is 17.7 Å². The van der Waals surface area contributed by atoms with E-state index < -0.39 is 0 Å². The second kappa shape index (κ2) is 2.90. The lowest BCUT2D eigenvalue weighted by Gasteiger charge is -2.03. The van der Waals surface area contributed by atoms with Crippen molar-refractivity contribution in [2.45, 2.75) is 19.3 Å². The number of aryl methyl sites for hydroxylation is 1. The molecule has 0 aromatic carbocycles. The number of nitrogens with one attached hydrogen (secondary N) is 1. The van der Waals surface area contributed by atoms with Crippen LogP contribution < -0.4 is 5.32 Å². The smallest absolute Gasteiger partial charge is 0.224 e. The fourth-order valence-corrected chi connectivity index (χ4v) is 1.78. The Labute approximate surface area is 76.2 Å². The zero-order valence-electron chi connectivity index (χ0n) is 6.89. The Kier molecular flexibility index (Phi) is 1.89. The summed E-state index contributed by atoms with van der Waals surface area (Å²) in [7, 11) is 1.80. The molecule has 0 fully saturated rings. The highest BCUT2D eigenvalue weighted by Gasteiger charge is 2.17. The summed E-state index contributed by atoms with van der Waals surface area (Å²) in [5.74, 6) is 0.626. The maximum absolute atomic E-state index is 5.96. The van der Waals surface area contributed by atoms with Gasteiger partial charge in [0.2, 0.25) is 5.95 Å².